The fourth-order valence-corrected chi connectivity index (χ4v) is 2.28. The first kappa shape index (κ1) is 16.4. The van der Waals surface area contributed by atoms with Crippen LogP contribution in [0, 0.1) is 6.92 Å². The van der Waals surface area contributed by atoms with Crippen molar-refractivity contribution in [2.45, 2.75) is 26.2 Å². The Labute approximate surface area is 128 Å². The van der Waals surface area contributed by atoms with E-state index in [1.165, 1.54) is 6.07 Å². The lowest BCUT2D eigenvalue weighted by Crippen LogP contribution is -2.22. The maximum absolute atomic E-state index is 12.3. The summed E-state index contributed by atoms with van der Waals surface area (Å²) in [6.07, 6.45) is -0.649. The zero-order valence-corrected chi connectivity index (χ0v) is 12.3. The molecule has 5 heteroatoms. The summed E-state index contributed by atoms with van der Waals surface area (Å²) in [6, 6.07) is 14.2. The van der Waals surface area contributed by atoms with Gasteiger partial charge in [-0.2, -0.15) is 8.78 Å². The third kappa shape index (κ3) is 4.51. The molecule has 0 aliphatic carbocycles. The average Bonchev–Trinajstić information content (AvgIpc) is 2.49. The maximum Gasteiger partial charge on any atom is 0.387 e. The van der Waals surface area contributed by atoms with Gasteiger partial charge in [-0.1, -0.05) is 42.5 Å². The third-order valence-electron chi connectivity index (χ3n) is 3.39. The van der Waals surface area contributed by atoms with Gasteiger partial charge in [-0.15, -0.1) is 0 Å². The molecule has 2 aromatic rings. The predicted molar refractivity (Wildman–Crippen MR) is 80.9 cm³/mol. The van der Waals surface area contributed by atoms with Gasteiger partial charge in [-0.3, -0.25) is 0 Å². The van der Waals surface area contributed by atoms with Crippen LogP contribution in [-0.4, -0.2) is 18.3 Å². The van der Waals surface area contributed by atoms with Crippen molar-refractivity contribution < 1.29 is 18.6 Å². The van der Waals surface area contributed by atoms with Gasteiger partial charge in [0, 0.05) is 18.7 Å². The van der Waals surface area contributed by atoms with Crippen molar-refractivity contribution in [2.24, 2.45) is 0 Å². The molecule has 0 aliphatic heterocycles. The molecule has 0 aliphatic rings. The number of hydrogen-bond acceptors (Lipinski definition) is 3. The molecule has 2 aromatic carbocycles. The topological polar surface area (TPSA) is 41.5 Å². The van der Waals surface area contributed by atoms with Crippen molar-refractivity contribution in [3.8, 4) is 5.75 Å². The number of aliphatic hydroxyl groups is 1. The van der Waals surface area contributed by atoms with Crippen molar-refractivity contribution in [3.05, 3.63) is 65.2 Å². The van der Waals surface area contributed by atoms with Crippen molar-refractivity contribution >= 4 is 0 Å². The van der Waals surface area contributed by atoms with Gasteiger partial charge in [-0.25, -0.2) is 0 Å². The Morgan fingerprint density at radius 3 is 2.50 bits per heavy atom. The molecule has 0 spiro atoms. The Kier molecular flexibility index (Phi) is 5.86. The summed E-state index contributed by atoms with van der Waals surface area (Å²) in [5.41, 5.74) is 2.49. The summed E-state index contributed by atoms with van der Waals surface area (Å²) in [5.74, 6) is 0.149. The number of benzene rings is 2. The number of aryl methyl sites for hydroxylation is 1. The van der Waals surface area contributed by atoms with Crippen LogP contribution in [0.5, 0.6) is 5.75 Å². The van der Waals surface area contributed by atoms with Crippen LogP contribution in [0.2, 0.25) is 0 Å². The molecule has 1 unspecified atom stereocenters. The molecule has 2 N–H and O–H groups in total. The van der Waals surface area contributed by atoms with Crippen LogP contribution in [0.15, 0.2) is 48.5 Å². The van der Waals surface area contributed by atoms with Crippen LogP contribution >= 0.6 is 0 Å². The number of halogens is 2. The Morgan fingerprint density at radius 2 is 1.77 bits per heavy atom. The first-order valence-electron chi connectivity index (χ1n) is 7.05. The molecule has 3 nitrogen and oxygen atoms in total. The summed E-state index contributed by atoms with van der Waals surface area (Å²) in [7, 11) is 0. The Bertz CT molecular complexity index is 605. The zero-order valence-electron chi connectivity index (χ0n) is 12.3. The summed E-state index contributed by atoms with van der Waals surface area (Å²) in [4.78, 5) is 0. The van der Waals surface area contributed by atoms with Crippen LogP contribution in [0.25, 0.3) is 0 Å². The summed E-state index contributed by atoms with van der Waals surface area (Å²) in [5, 5.41) is 13.2. The first-order chi connectivity index (χ1) is 10.6. The fourth-order valence-electron chi connectivity index (χ4n) is 2.28. The number of hydrogen-bond donors (Lipinski definition) is 2. The van der Waals surface area contributed by atoms with Crippen LogP contribution in [0.1, 0.15) is 22.8 Å². The van der Waals surface area contributed by atoms with Gasteiger partial charge >= 0.3 is 6.61 Å². The van der Waals surface area contributed by atoms with Crippen LogP contribution in [0.4, 0.5) is 8.78 Å². The van der Waals surface area contributed by atoms with E-state index in [0.717, 1.165) is 11.1 Å². The SMILES string of the molecule is Cc1ccccc1C(O)CNCc1ccccc1OC(F)F. The van der Waals surface area contributed by atoms with E-state index < -0.39 is 12.7 Å². The molecular weight excluding hydrogens is 288 g/mol. The molecule has 0 fully saturated rings. The summed E-state index contributed by atoms with van der Waals surface area (Å²) in [6.45, 7) is -0.247. The average molecular weight is 307 g/mol. The van der Waals surface area contributed by atoms with Crippen molar-refractivity contribution in [1.82, 2.24) is 5.32 Å². The quantitative estimate of drug-likeness (QED) is 0.823. The number of ether oxygens (including phenoxy) is 1. The van der Waals surface area contributed by atoms with Crippen molar-refractivity contribution in [3.63, 3.8) is 0 Å². The molecule has 2 rings (SSSR count). The second-order valence-corrected chi connectivity index (χ2v) is 4.99. The molecule has 22 heavy (non-hydrogen) atoms. The Balaban J connectivity index is 1.93. The summed E-state index contributed by atoms with van der Waals surface area (Å²) >= 11 is 0. The maximum atomic E-state index is 12.3. The minimum absolute atomic E-state index is 0.149. The highest BCUT2D eigenvalue weighted by atomic mass is 19.3. The lowest BCUT2D eigenvalue weighted by molar-refractivity contribution is -0.0505. The minimum atomic E-state index is -2.85. The van der Waals surface area contributed by atoms with Gasteiger partial charge in [0.2, 0.25) is 0 Å². The Hall–Kier alpha value is -1.98. The number of rotatable bonds is 7. The molecule has 0 aromatic heterocycles. The van der Waals surface area contributed by atoms with Crippen molar-refractivity contribution in [1.29, 1.82) is 0 Å². The predicted octanol–water partition coefficient (Wildman–Crippen LogP) is 3.42. The van der Waals surface area contributed by atoms with Gasteiger partial charge in [0.15, 0.2) is 0 Å². The van der Waals surface area contributed by atoms with E-state index >= 15 is 0 Å². The van der Waals surface area contributed by atoms with E-state index in [2.05, 4.69) is 10.1 Å². The molecule has 0 saturated heterocycles. The third-order valence-corrected chi connectivity index (χ3v) is 3.39. The monoisotopic (exact) mass is 307 g/mol. The van der Waals surface area contributed by atoms with E-state index in [1.807, 2.05) is 31.2 Å². The van der Waals surface area contributed by atoms with Crippen LogP contribution < -0.4 is 10.1 Å². The molecule has 1 atom stereocenters. The lowest BCUT2D eigenvalue weighted by Gasteiger charge is -2.15. The second kappa shape index (κ2) is 7.87. The molecule has 0 saturated carbocycles. The number of nitrogens with one attached hydrogen (secondary N) is 1. The van der Waals surface area contributed by atoms with Crippen molar-refractivity contribution in [2.75, 3.05) is 6.54 Å². The molecule has 0 radical (unpaired) electrons. The number of alkyl halides is 2. The van der Waals surface area contributed by atoms with E-state index in [9.17, 15) is 13.9 Å². The van der Waals surface area contributed by atoms with Gasteiger partial charge in [-0.05, 0) is 24.1 Å². The second-order valence-electron chi connectivity index (χ2n) is 4.99. The lowest BCUT2D eigenvalue weighted by atomic mass is 10.0. The highest BCUT2D eigenvalue weighted by molar-refractivity contribution is 5.33. The van der Waals surface area contributed by atoms with Crippen LogP contribution in [0.3, 0.4) is 0 Å². The van der Waals surface area contributed by atoms with E-state index in [-0.39, 0.29) is 5.75 Å². The normalized spacial score (nSPS) is 12.4. The molecule has 0 bridgehead atoms. The standard InChI is InChI=1S/C17H19F2NO2/c1-12-6-2-4-8-14(12)15(21)11-20-10-13-7-3-5-9-16(13)22-17(18)19/h2-9,15,17,20-21H,10-11H2,1H3. The van der Waals surface area contributed by atoms with Gasteiger partial charge in [0.1, 0.15) is 5.75 Å². The van der Waals surface area contributed by atoms with Gasteiger partial charge in [0.05, 0.1) is 6.10 Å². The molecule has 0 amide bonds. The summed E-state index contributed by atoms with van der Waals surface area (Å²) < 4.78 is 29.1. The molecule has 0 heterocycles. The number of aliphatic hydroxyl groups excluding tert-OH is 1. The largest absolute Gasteiger partial charge is 0.434 e. The highest BCUT2D eigenvalue weighted by Gasteiger charge is 2.11. The molecular formula is C17H19F2NO2. The zero-order chi connectivity index (χ0) is 15.9. The highest BCUT2D eigenvalue weighted by Crippen LogP contribution is 2.21. The number of para-hydroxylation sites is 1. The van der Waals surface area contributed by atoms with E-state index in [0.29, 0.717) is 18.7 Å². The minimum Gasteiger partial charge on any atom is -0.434 e. The van der Waals surface area contributed by atoms with E-state index in [4.69, 9.17) is 0 Å². The van der Waals surface area contributed by atoms with E-state index in [1.54, 1.807) is 18.2 Å². The van der Waals surface area contributed by atoms with Crippen LogP contribution in [-0.2, 0) is 6.54 Å². The first-order valence-corrected chi connectivity index (χ1v) is 7.05. The fraction of sp³-hybridized carbons (Fsp3) is 0.294. The Morgan fingerprint density at radius 1 is 1.09 bits per heavy atom. The smallest absolute Gasteiger partial charge is 0.387 e. The van der Waals surface area contributed by atoms with Gasteiger partial charge in [0.25, 0.3) is 0 Å². The molecule has 118 valence electrons. The van der Waals surface area contributed by atoms with Gasteiger partial charge < -0.3 is 15.2 Å².